The number of carbonyl (C=O) groups excluding carboxylic acids is 1. The number of carboxylic acid groups (broad SMARTS) is 1. The second-order valence-electron chi connectivity index (χ2n) is 4.84. The van der Waals surface area contributed by atoms with Crippen LogP contribution in [0.15, 0.2) is 59.8 Å². The number of carbonyl (C=O) groups is 2. The first-order valence-electron chi connectivity index (χ1n) is 6.88. The van der Waals surface area contributed by atoms with Crippen LogP contribution in [0.4, 0.5) is 0 Å². The maximum Gasteiger partial charge on any atom is 0.336 e. The standard InChI is InChI=1S/C17H13N3O3/c21-16(14-7-3-5-11-8-9-18-15(11)14)20-19-10-12-4-1-2-6-13(12)17(22)23/h1-10,18H,(H,20,21)(H,22,23)/b19-10+. The van der Waals surface area contributed by atoms with E-state index >= 15 is 0 Å². The van der Waals surface area contributed by atoms with Crippen molar-refractivity contribution in [3.05, 3.63) is 71.4 Å². The van der Waals surface area contributed by atoms with Crippen molar-refractivity contribution in [2.75, 3.05) is 0 Å². The molecule has 3 aromatic rings. The van der Waals surface area contributed by atoms with Gasteiger partial charge >= 0.3 is 5.97 Å². The Balaban J connectivity index is 1.80. The van der Waals surface area contributed by atoms with Gasteiger partial charge in [0.1, 0.15) is 0 Å². The first kappa shape index (κ1) is 14.5. The van der Waals surface area contributed by atoms with Crippen LogP contribution in [0.5, 0.6) is 0 Å². The van der Waals surface area contributed by atoms with E-state index in [1.54, 1.807) is 36.5 Å². The average molecular weight is 307 g/mol. The number of hydrazone groups is 1. The second-order valence-corrected chi connectivity index (χ2v) is 4.84. The summed E-state index contributed by atoms with van der Waals surface area (Å²) in [5, 5.41) is 13.9. The van der Waals surface area contributed by atoms with Crippen molar-refractivity contribution in [1.29, 1.82) is 0 Å². The lowest BCUT2D eigenvalue weighted by Crippen LogP contribution is -2.18. The number of para-hydroxylation sites is 1. The van der Waals surface area contributed by atoms with Crippen LogP contribution in [-0.2, 0) is 0 Å². The Bertz CT molecular complexity index is 912. The molecule has 0 spiro atoms. The molecule has 0 aliphatic rings. The first-order chi connectivity index (χ1) is 11.2. The highest BCUT2D eigenvalue weighted by Gasteiger charge is 2.10. The highest BCUT2D eigenvalue weighted by atomic mass is 16.4. The number of aromatic nitrogens is 1. The van der Waals surface area contributed by atoms with E-state index in [1.807, 2.05) is 12.1 Å². The quantitative estimate of drug-likeness (QED) is 0.511. The van der Waals surface area contributed by atoms with Gasteiger partial charge in [-0.1, -0.05) is 30.3 Å². The van der Waals surface area contributed by atoms with Crippen LogP contribution in [0.2, 0.25) is 0 Å². The molecule has 23 heavy (non-hydrogen) atoms. The molecule has 3 N–H and O–H groups in total. The van der Waals surface area contributed by atoms with Gasteiger partial charge in [-0.15, -0.1) is 0 Å². The van der Waals surface area contributed by atoms with Gasteiger partial charge in [0, 0.05) is 17.1 Å². The Morgan fingerprint density at radius 1 is 1.04 bits per heavy atom. The monoisotopic (exact) mass is 307 g/mol. The normalized spacial score (nSPS) is 11.0. The van der Waals surface area contributed by atoms with E-state index in [4.69, 9.17) is 5.11 Å². The Morgan fingerprint density at radius 3 is 2.65 bits per heavy atom. The van der Waals surface area contributed by atoms with Crippen LogP contribution in [-0.4, -0.2) is 28.2 Å². The molecule has 2 aromatic carbocycles. The number of fused-ring (bicyclic) bond motifs is 1. The third-order valence-electron chi connectivity index (χ3n) is 3.39. The Morgan fingerprint density at radius 2 is 1.83 bits per heavy atom. The molecule has 3 rings (SSSR count). The summed E-state index contributed by atoms with van der Waals surface area (Å²) >= 11 is 0. The molecule has 114 valence electrons. The largest absolute Gasteiger partial charge is 0.478 e. The van der Waals surface area contributed by atoms with Gasteiger partial charge in [-0.05, 0) is 18.2 Å². The van der Waals surface area contributed by atoms with Crippen LogP contribution >= 0.6 is 0 Å². The summed E-state index contributed by atoms with van der Waals surface area (Å²) in [6.45, 7) is 0. The fourth-order valence-electron chi connectivity index (χ4n) is 2.30. The number of nitrogens with one attached hydrogen (secondary N) is 2. The third-order valence-corrected chi connectivity index (χ3v) is 3.39. The van der Waals surface area contributed by atoms with E-state index in [0.29, 0.717) is 11.1 Å². The molecule has 0 aliphatic carbocycles. The molecule has 0 aliphatic heterocycles. The third kappa shape index (κ3) is 2.96. The van der Waals surface area contributed by atoms with Gasteiger partial charge < -0.3 is 10.1 Å². The minimum Gasteiger partial charge on any atom is -0.478 e. The predicted octanol–water partition coefficient (Wildman–Crippen LogP) is 2.63. The summed E-state index contributed by atoms with van der Waals surface area (Å²) in [5.41, 5.74) is 4.15. The lowest BCUT2D eigenvalue weighted by molar-refractivity contribution is 0.0696. The maximum atomic E-state index is 12.2. The average Bonchev–Trinajstić information content (AvgIpc) is 3.03. The zero-order valence-corrected chi connectivity index (χ0v) is 12.0. The molecule has 1 heterocycles. The minimum atomic E-state index is -1.05. The number of carboxylic acids is 1. The molecule has 0 fully saturated rings. The molecule has 0 unspecified atom stereocenters. The van der Waals surface area contributed by atoms with Crippen LogP contribution in [0.1, 0.15) is 26.3 Å². The molecule has 1 amide bonds. The second kappa shape index (κ2) is 6.15. The molecular weight excluding hydrogens is 294 g/mol. The molecule has 0 atom stereocenters. The Kier molecular flexibility index (Phi) is 3.88. The summed E-state index contributed by atoms with van der Waals surface area (Å²) in [5.74, 6) is -1.42. The van der Waals surface area contributed by atoms with Crippen LogP contribution in [0.25, 0.3) is 10.9 Å². The van der Waals surface area contributed by atoms with Gasteiger partial charge in [-0.2, -0.15) is 5.10 Å². The molecule has 0 saturated carbocycles. The molecule has 0 bridgehead atoms. The van der Waals surface area contributed by atoms with Crippen molar-refractivity contribution in [1.82, 2.24) is 10.4 Å². The molecule has 6 heteroatoms. The molecular formula is C17H13N3O3. The van der Waals surface area contributed by atoms with E-state index < -0.39 is 5.97 Å². The lowest BCUT2D eigenvalue weighted by atomic mass is 10.1. The molecule has 0 saturated heterocycles. The van der Waals surface area contributed by atoms with Crippen LogP contribution in [0.3, 0.4) is 0 Å². The van der Waals surface area contributed by atoms with Crippen molar-refractivity contribution in [3.63, 3.8) is 0 Å². The van der Waals surface area contributed by atoms with Gasteiger partial charge in [0.2, 0.25) is 0 Å². The number of aromatic carboxylic acids is 1. The minimum absolute atomic E-state index is 0.122. The summed E-state index contributed by atoms with van der Waals surface area (Å²) in [6, 6.07) is 13.7. The van der Waals surface area contributed by atoms with E-state index in [2.05, 4.69) is 15.5 Å². The summed E-state index contributed by atoms with van der Waals surface area (Å²) in [7, 11) is 0. The van der Waals surface area contributed by atoms with Gasteiger partial charge in [0.15, 0.2) is 0 Å². The maximum absolute atomic E-state index is 12.2. The van der Waals surface area contributed by atoms with Crippen LogP contribution < -0.4 is 5.43 Å². The van der Waals surface area contributed by atoms with Crippen molar-refractivity contribution < 1.29 is 14.7 Å². The number of nitrogens with zero attached hydrogens (tertiary/aromatic N) is 1. The fraction of sp³-hybridized carbons (Fsp3) is 0. The fourth-order valence-corrected chi connectivity index (χ4v) is 2.30. The van der Waals surface area contributed by atoms with Crippen molar-refractivity contribution in [3.8, 4) is 0 Å². The number of hydrogen-bond donors (Lipinski definition) is 3. The van der Waals surface area contributed by atoms with Gasteiger partial charge in [-0.3, -0.25) is 4.79 Å². The summed E-state index contributed by atoms with van der Waals surface area (Å²) < 4.78 is 0. The summed E-state index contributed by atoms with van der Waals surface area (Å²) in [6.07, 6.45) is 3.07. The number of benzene rings is 2. The topological polar surface area (TPSA) is 94.5 Å². The number of H-pyrrole nitrogens is 1. The highest BCUT2D eigenvalue weighted by Crippen LogP contribution is 2.16. The van der Waals surface area contributed by atoms with Gasteiger partial charge in [0.05, 0.1) is 22.9 Å². The smallest absolute Gasteiger partial charge is 0.336 e. The molecule has 0 radical (unpaired) electrons. The predicted molar refractivity (Wildman–Crippen MR) is 86.8 cm³/mol. The number of hydrogen-bond acceptors (Lipinski definition) is 3. The molecule has 1 aromatic heterocycles. The summed E-state index contributed by atoms with van der Waals surface area (Å²) in [4.78, 5) is 26.3. The van der Waals surface area contributed by atoms with E-state index in [1.165, 1.54) is 12.3 Å². The lowest BCUT2D eigenvalue weighted by Gasteiger charge is -2.02. The molecule has 6 nitrogen and oxygen atoms in total. The van der Waals surface area contributed by atoms with Gasteiger partial charge in [0.25, 0.3) is 5.91 Å². The zero-order chi connectivity index (χ0) is 16.2. The Labute approximate surface area is 131 Å². The zero-order valence-electron chi connectivity index (χ0n) is 12.0. The highest BCUT2D eigenvalue weighted by molar-refractivity contribution is 6.06. The Hall–Kier alpha value is -3.41. The van der Waals surface area contributed by atoms with E-state index in [9.17, 15) is 9.59 Å². The number of aromatic amines is 1. The van der Waals surface area contributed by atoms with Crippen molar-refractivity contribution in [2.24, 2.45) is 5.10 Å². The van der Waals surface area contributed by atoms with Crippen LogP contribution in [0, 0.1) is 0 Å². The van der Waals surface area contributed by atoms with E-state index in [-0.39, 0.29) is 11.5 Å². The number of rotatable bonds is 4. The SMILES string of the molecule is O=C(O)c1ccccc1/C=N/NC(=O)c1cccc2cc[nH]c12. The van der Waals surface area contributed by atoms with Crippen molar-refractivity contribution >= 4 is 29.0 Å². The first-order valence-corrected chi connectivity index (χ1v) is 6.88. The van der Waals surface area contributed by atoms with Crippen molar-refractivity contribution in [2.45, 2.75) is 0 Å². The number of amides is 1. The van der Waals surface area contributed by atoms with E-state index in [0.717, 1.165) is 10.9 Å². The van der Waals surface area contributed by atoms with Gasteiger partial charge in [-0.25, -0.2) is 10.2 Å².